The van der Waals surface area contributed by atoms with Crippen LogP contribution >= 0.6 is 0 Å². The predicted molar refractivity (Wildman–Crippen MR) is 223 cm³/mol. The Hall–Kier alpha value is -2.58. The molecule has 2 aromatic rings. The Labute approximate surface area is 338 Å². The molecule has 0 aromatic heterocycles. The quantitative estimate of drug-likeness (QED) is 0.412. The van der Waals surface area contributed by atoms with Gasteiger partial charge in [0.05, 0.1) is 36.4 Å². The summed E-state index contributed by atoms with van der Waals surface area (Å²) in [6.07, 6.45) is 9.08. The van der Waals surface area contributed by atoms with Crippen molar-refractivity contribution in [3.8, 4) is 5.75 Å². The van der Waals surface area contributed by atoms with E-state index < -0.39 is 11.0 Å². The van der Waals surface area contributed by atoms with Crippen LogP contribution in [0.3, 0.4) is 0 Å². The van der Waals surface area contributed by atoms with Gasteiger partial charge < -0.3 is 29.3 Å². The fourth-order valence-electron chi connectivity index (χ4n) is 11.2. The van der Waals surface area contributed by atoms with Gasteiger partial charge in [0.1, 0.15) is 16.7 Å². The molecule has 56 heavy (non-hydrogen) atoms. The van der Waals surface area contributed by atoms with E-state index in [0.29, 0.717) is 49.7 Å². The molecule has 11 nitrogen and oxygen atoms in total. The molecule has 12 heteroatoms. The number of nitrogens with one attached hydrogen (secondary N) is 1. The smallest absolute Gasteiger partial charge is 0.263 e. The Morgan fingerprint density at radius 2 is 1.93 bits per heavy atom. The summed E-state index contributed by atoms with van der Waals surface area (Å²) in [6, 6.07) is 15.2. The largest absolute Gasteiger partial charge is 0.490 e. The Morgan fingerprint density at radius 3 is 2.75 bits per heavy atom. The van der Waals surface area contributed by atoms with E-state index in [1.54, 1.807) is 7.11 Å². The molecule has 8 rings (SSSR count). The molecule has 3 N–H and O–H groups in total. The van der Waals surface area contributed by atoms with Crippen LogP contribution in [0.25, 0.3) is 0 Å². The van der Waals surface area contributed by atoms with Gasteiger partial charge in [-0.3, -0.25) is 19.3 Å². The van der Waals surface area contributed by atoms with E-state index >= 15 is 0 Å². The molecule has 2 saturated heterocycles. The number of hydrogen-bond donors (Lipinski definition) is 1. The Bertz CT molecular complexity index is 1690. The monoisotopic (exact) mass is 796 g/mol. The van der Waals surface area contributed by atoms with Crippen molar-refractivity contribution >= 4 is 22.6 Å². The van der Waals surface area contributed by atoms with Gasteiger partial charge in [0.15, 0.2) is 0 Å². The number of hydrogen-bond acceptors (Lipinski definition) is 9. The zero-order chi connectivity index (χ0) is 38.0. The molecule has 8 atom stereocenters. The fourth-order valence-corrected chi connectivity index (χ4v) is 12.5. The molecule has 312 valence electrons. The van der Waals surface area contributed by atoms with Gasteiger partial charge in [-0.05, 0) is 105 Å². The van der Waals surface area contributed by atoms with E-state index in [4.69, 9.17) is 18.9 Å². The van der Waals surface area contributed by atoms with Gasteiger partial charge >= 0.3 is 0 Å². The molecule has 1 unspecified atom stereocenters. The van der Waals surface area contributed by atoms with E-state index in [0.717, 1.165) is 122 Å². The molecule has 4 heterocycles. The maximum absolute atomic E-state index is 14.1. The number of fused-ring (bicyclic) bond motifs is 5. The molecule has 3 fully saturated rings. The third-order valence-corrected chi connectivity index (χ3v) is 15.8. The lowest BCUT2D eigenvalue weighted by molar-refractivity contribution is -0.154. The van der Waals surface area contributed by atoms with E-state index in [1.807, 2.05) is 18.2 Å². The van der Waals surface area contributed by atoms with Gasteiger partial charge in [-0.25, -0.2) is 4.21 Å². The van der Waals surface area contributed by atoms with Crippen molar-refractivity contribution in [3.63, 3.8) is 0 Å². The highest BCUT2D eigenvalue weighted by Gasteiger charge is 2.51. The van der Waals surface area contributed by atoms with Crippen LogP contribution in [0.5, 0.6) is 5.75 Å². The highest BCUT2D eigenvalue weighted by Crippen LogP contribution is 2.50. The van der Waals surface area contributed by atoms with E-state index in [9.17, 15) is 9.00 Å². The number of benzene rings is 2. The van der Waals surface area contributed by atoms with Crippen LogP contribution in [-0.4, -0.2) is 128 Å². The molecule has 1 saturated carbocycles. The fraction of sp³-hybridized carbons (Fsp3) is 0.705. The average molecular weight is 797 g/mol. The summed E-state index contributed by atoms with van der Waals surface area (Å²) in [4.78, 5) is 21.8. The third-order valence-electron chi connectivity index (χ3n) is 14.2. The number of morpholine rings is 1. The summed E-state index contributed by atoms with van der Waals surface area (Å²) >= 11 is 0. The minimum Gasteiger partial charge on any atom is -0.490 e. The second-order valence-corrected chi connectivity index (χ2v) is 18.9. The number of anilines is 1. The molecular formula is C44H68N4O7S. The molecule has 2 bridgehead atoms. The van der Waals surface area contributed by atoms with Crippen LogP contribution < -0.4 is 14.4 Å². The summed E-state index contributed by atoms with van der Waals surface area (Å²) < 4.78 is 42.4. The number of nitrogens with zero attached hydrogens (tertiary/aromatic N) is 3. The summed E-state index contributed by atoms with van der Waals surface area (Å²) in [5.74, 6) is 1.50. The normalized spacial score (nSPS) is 34.1. The lowest BCUT2D eigenvalue weighted by atomic mass is 9.62. The number of amides is 1. The third kappa shape index (κ3) is 8.44. The van der Waals surface area contributed by atoms with Gasteiger partial charge in [0, 0.05) is 84.6 Å². The van der Waals surface area contributed by atoms with Crippen LogP contribution in [0.15, 0.2) is 42.5 Å². The minimum absolute atomic E-state index is 0. The Balaban J connectivity index is 0.00000275. The SMILES string of the molecule is CCO[C@]1(CN2CCN3CCOC[C@@H]3C2)CCC[C@H](C)[C@@H](CCOC)S(=O)NC(=O)c2ccc3c(c2)N(C[C@@H]2CC[C@H]21)C[C@@]1(CCCc2ccccc21)CO3.O.[HH]. The average Bonchev–Trinajstić information content (AvgIpc) is 3.33. The summed E-state index contributed by atoms with van der Waals surface area (Å²) in [6.45, 7) is 14.6. The van der Waals surface area contributed by atoms with Gasteiger partial charge in [-0.15, -0.1) is 0 Å². The summed E-state index contributed by atoms with van der Waals surface area (Å²) in [5.41, 5.74) is 3.88. The molecule has 2 aliphatic carbocycles. The number of carbonyl (C=O) groups is 1. The van der Waals surface area contributed by atoms with E-state index in [-0.39, 0.29) is 35.0 Å². The van der Waals surface area contributed by atoms with Gasteiger partial charge in [0.25, 0.3) is 5.91 Å². The molecular weight excluding hydrogens is 729 g/mol. The molecule has 6 aliphatic rings. The molecule has 0 radical (unpaired) electrons. The van der Waals surface area contributed by atoms with Gasteiger partial charge in [-0.1, -0.05) is 37.6 Å². The van der Waals surface area contributed by atoms with Gasteiger partial charge in [-0.2, -0.15) is 0 Å². The van der Waals surface area contributed by atoms with Crippen LogP contribution in [0, 0.1) is 17.8 Å². The van der Waals surface area contributed by atoms with Gasteiger partial charge in [0.2, 0.25) is 0 Å². The van der Waals surface area contributed by atoms with Crippen LogP contribution in [0.2, 0.25) is 0 Å². The molecule has 4 aliphatic heterocycles. The second kappa shape index (κ2) is 18.1. The number of ether oxygens (including phenoxy) is 4. The van der Waals surface area contributed by atoms with Crippen molar-refractivity contribution in [1.82, 2.24) is 14.5 Å². The predicted octanol–water partition coefficient (Wildman–Crippen LogP) is 5.02. The molecule has 1 spiro atoms. The first-order valence-corrected chi connectivity index (χ1v) is 22.5. The zero-order valence-electron chi connectivity index (χ0n) is 34.0. The second-order valence-electron chi connectivity index (χ2n) is 17.5. The summed E-state index contributed by atoms with van der Waals surface area (Å²) in [7, 11) is 0.111. The lowest BCUT2D eigenvalue weighted by Gasteiger charge is -2.54. The maximum atomic E-state index is 14.1. The van der Waals surface area contributed by atoms with Crippen molar-refractivity contribution in [2.24, 2.45) is 17.8 Å². The first-order chi connectivity index (χ1) is 26.8. The van der Waals surface area contributed by atoms with Crippen molar-refractivity contribution in [1.29, 1.82) is 0 Å². The van der Waals surface area contributed by atoms with Crippen molar-refractivity contribution in [3.05, 3.63) is 59.2 Å². The number of aryl methyl sites for hydroxylation is 1. The minimum atomic E-state index is -1.58. The number of methoxy groups -OCH3 is 1. The summed E-state index contributed by atoms with van der Waals surface area (Å²) in [5, 5.41) is -0.221. The van der Waals surface area contributed by atoms with Crippen molar-refractivity contribution in [2.45, 2.75) is 93.9 Å². The highest BCUT2D eigenvalue weighted by atomic mass is 32.2. The lowest BCUT2D eigenvalue weighted by Crippen LogP contribution is -2.63. The first-order valence-electron chi connectivity index (χ1n) is 21.3. The Morgan fingerprint density at radius 1 is 1.05 bits per heavy atom. The molecule has 2 aromatic carbocycles. The zero-order valence-corrected chi connectivity index (χ0v) is 34.8. The van der Waals surface area contributed by atoms with E-state index in [1.165, 1.54) is 11.1 Å². The number of rotatable bonds is 7. The van der Waals surface area contributed by atoms with E-state index in [2.05, 4.69) is 57.5 Å². The first kappa shape index (κ1) is 41.6. The maximum Gasteiger partial charge on any atom is 0.263 e. The molecule has 1 amide bonds. The number of piperazine rings is 1. The topological polar surface area (TPSA) is 124 Å². The van der Waals surface area contributed by atoms with Crippen LogP contribution in [-0.2, 0) is 37.0 Å². The van der Waals surface area contributed by atoms with Crippen LogP contribution in [0.1, 0.15) is 88.1 Å². The van der Waals surface area contributed by atoms with Crippen molar-refractivity contribution < 1.29 is 34.9 Å². The highest BCUT2D eigenvalue weighted by molar-refractivity contribution is 7.84. The Kier molecular flexibility index (Phi) is 13.5. The number of carbonyl (C=O) groups excluding carboxylic acids is 1. The standard InChI is InChI=1S/C44H64N4O6S.H2O.H2/c1-4-54-44(30-46-20-21-47-22-24-52-28-36(47)27-46)19-7-9-32(2)41(17-23-51-3)55(50)45-42(49)34-14-16-40-39(25-34)48(26-35-13-15-38(35)44)29-43(31-53-40)18-8-11-33-10-5-6-12-37(33)43;;/h5-6,10,12,14,16,25,32,35-36,38,41H,4,7-9,11,13,15,17-24,26-31H2,1-3H3,(H,45,49);1H2;1H/t32-,35-,36-,38+,41+,43-,44-,55?;;/m0../s1. The van der Waals surface area contributed by atoms with Crippen LogP contribution in [0.4, 0.5) is 5.69 Å². The van der Waals surface area contributed by atoms with Crippen molar-refractivity contribution in [2.75, 3.05) is 90.9 Å².